The van der Waals surface area contributed by atoms with Gasteiger partial charge in [-0.3, -0.25) is 4.79 Å². The smallest absolute Gasteiger partial charge is 0.166 e. The number of hydrogen-bond donors (Lipinski definition) is 3. The third-order valence-corrected chi connectivity index (χ3v) is 1.61. The van der Waals surface area contributed by atoms with Crippen LogP contribution in [0.15, 0.2) is 12.1 Å². The molecule has 0 aliphatic carbocycles. The number of aliphatic hydroxyl groups excluding tert-OH is 1. The monoisotopic (exact) mass is 168 g/mol. The van der Waals surface area contributed by atoms with Gasteiger partial charge in [-0.25, -0.2) is 0 Å². The maximum absolute atomic E-state index is 10.3. The van der Waals surface area contributed by atoms with E-state index in [4.69, 9.17) is 0 Å². The van der Waals surface area contributed by atoms with Crippen LogP contribution in [-0.4, -0.2) is 30.0 Å². The summed E-state index contributed by atoms with van der Waals surface area (Å²) in [4.78, 5) is 13.1. The van der Waals surface area contributed by atoms with Crippen LogP contribution in [0.4, 0.5) is 0 Å². The minimum atomic E-state index is -0.580. The Morgan fingerprint density at radius 2 is 2.50 bits per heavy atom. The summed E-state index contributed by atoms with van der Waals surface area (Å²) in [5.41, 5.74) is 1.15. The van der Waals surface area contributed by atoms with Crippen molar-refractivity contribution in [3.05, 3.63) is 23.5 Å². The van der Waals surface area contributed by atoms with E-state index in [1.54, 1.807) is 19.2 Å². The fraction of sp³-hybridized carbons (Fsp3) is 0.375. The van der Waals surface area contributed by atoms with Crippen LogP contribution in [0.3, 0.4) is 0 Å². The van der Waals surface area contributed by atoms with Gasteiger partial charge in [0.05, 0.1) is 5.69 Å². The molecule has 3 N–H and O–H groups in total. The first kappa shape index (κ1) is 8.96. The molecule has 0 amide bonds. The molecule has 0 aliphatic rings. The van der Waals surface area contributed by atoms with Gasteiger partial charge in [-0.2, -0.15) is 0 Å². The lowest BCUT2D eigenvalue weighted by atomic mass is 10.2. The predicted molar refractivity (Wildman–Crippen MR) is 45.1 cm³/mol. The van der Waals surface area contributed by atoms with Gasteiger partial charge in [-0.05, 0) is 19.2 Å². The van der Waals surface area contributed by atoms with Crippen molar-refractivity contribution in [1.29, 1.82) is 0 Å². The Labute approximate surface area is 70.6 Å². The molecule has 0 saturated carbocycles. The SMILES string of the molecule is CNCC(O)c1ccc(C=O)[nH]1. The van der Waals surface area contributed by atoms with Gasteiger partial charge in [0.1, 0.15) is 6.10 Å². The molecule has 1 unspecified atom stereocenters. The molecule has 1 rings (SSSR count). The normalized spacial score (nSPS) is 12.8. The number of H-pyrrole nitrogens is 1. The van der Waals surface area contributed by atoms with Gasteiger partial charge < -0.3 is 15.4 Å². The number of hydrogen-bond acceptors (Lipinski definition) is 3. The summed E-state index contributed by atoms with van der Waals surface area (Å²) in [5, 5.41) is 12.3. The average molecular weight is 168 g/mol. The maximum atomic E-state index is 10.3. The van der Waals surface area contributed by atoms with Crippen molar-refractivity contribution in [2.75, 3.05) is 13.6 Å². The Kier molecular flexibility index (Phi) is 3.01. The lowest BCUT2D eigenvalue weighted by molar-refractivity contribution is 0.111. The first-order valence-corrected chi connectivity index (χ1v) is 3.74. The van der Waals surface area contributed by atoms with E-state index in [0.717, 1.165) is 6.29 Å². The van der Waals surface area contributed by atoms with Crippen LogP contribution < -0.4 is 5.32 Å². The van der Waals surface area contributed by atoms with Crippen molar-refractivity contribution in [1.82, 2.24) is 10.3 Å². The van der Waals surface area contributed by atoms with Crippen LogP contribution in [0.1, 0.15) is 22.3 Å². The summed E-state index contributed by atoms with van der Waals surface area (Å²) in [6.45, 7) is 0.471. The molecule has 0 spiro atoms. The molecule has 0 aromatic carbocycles. The highest BCUT2D eigenvalue weighted by molar-refractivity contribution is 5.72. The summed E-state index contributed by atoms with van der Waals surface area (Å²) in [6.07, 6.45) is 0.138. The minimum Gasteiger partial charge on any atom is -0.386 e. The summed E-state index contributed by atoms with van der Waals surface area (Å²) >= 11 is 0. The molecule has 1 heterocycles. The van der Waals surface area contributed by atoms with Crippen molar-refractivity contribution >= 4 is 6.29 Å². The van der Waals surface area contributed by atoms with E-state index in [1.807, 2.05) is 0 Å². The topological polar surface area (TPSA) is 65.1 Å². The molecule has 4 heteroatoms. The highest BCUT2D eigenvalue weighted by atomic mass is 16.3. The Morgan fingerprint density at radius 1 is 1.75 bits per heavy atom. The number of aliphatic hydroxyl groups is 1. The van der Waals surface area contributed by atoms with Gasteiger partial charge in [-0.15, -0.1) is 0 Å². The van der Waals surface area contributed by atoms with Crippen molar-refractivity contribution in [3.63, 3.8) is 0 Å². The van der Waals surface area contributed by atoms with Gasteiger partial charge in [0.15, 0.2) is 6.29 Å². The molecule has 0 fully saturated rings. The molecule has 4 nitrogen and oxygen atoms in total. The van der Waals surface area contributed by atoms with Crippen LogP contribution in [0.2, 0.25) is 0 Å². The standard InChI is InChI=1S/C8H12N2O2/c1-9-4-8(12)7-3-2-6(5-11)10-7/h2-3,5,8-10,12H,4H2,1H3. The summed E-state index contributed by atoms with van der Waals surface area (Å²) in [5.74, 6) is 0. The van der Waals surface area contributed by atoms with E-state index in [9.17, 15) is 9.90 Å². The molecule has 1 atom stereocenters. The van der Waals surface area contributed by atoms with Crippen LogP contribution >= 0.6 is 0 Å². The van der Waals surface area contributed by atoms with Crippen molar-refractivity contribution < 1.29 is 9.90 Å². The number of likely N-dealkylation sites (N-methyl/N-ethyl adjacent to an activating group) is 1. The van der Waals surface area contributed by atoms with Gasteiger partial charge >= 0.3 is 0 Å². The number of aromatic nitrogens is 1. The zero-order chi connectivity index (χ0) is 8.97. The summed E-state index contributed by atoms with van der Waals surface area (Å²) in [6, 6.07) is 3.34. The highest BCUT2D eigenvalue weighted by Crippen LogP contribution is 2.09. The Hall–Kier alpha value is -1.13. The molecular formula is C8H12N2O2. The predicted octanol–water partition coefficient (Wildman–Crippen LogP) is 0.0800. The quantitative estimate of drug-likeness (QED) is 0.558. The summed E-state index contributed by atoms with van der Waals surface area (Å²) in [7, 11) is 1.76. The molecule has 0 radical (unpaired) electrons. The van der Waals surface area contributed by atoms with Crippen molar-refractivity contribution in [3.8, 4) is 0 Å². The molecule has 66 valence electrons. The van der Waals surface area contributed by atoms with E-state index >= 15 is 0 Å². The third-order valence-electron chi connectivity index (χ3n) is 1.61. The van der Waals surface area contributed by atoms with E-state index in [2.05, 4.69) is 10.3 Å². The second-order valence-corrected chi connectivity index (χ2v) is 2.56. The summed E-state index contributed by atoms with van der Waals surface area (Å²) < 4.78 is 0. The molecule has 0 aliphatic heterocycles. The number of rotatable bonds is 4. The highest BCUT2D eigenvalue weighted by Gasteiger charge is 2.07. The number of aromatic amines is 1. The zero-order valence-electron chi connectivity index (χ0n) is 6.87. The molecule has 0 bridgehead atoms. The first-order valence-electron chi connectivity index (χ1n) is 3.74. The largest absolute Gasteiger partial charge is 0.386 e. The Bertz CT molecular complexity index is 257. The number of aldehydes is 1. The van der Waals surface area contributed by atoms with Crippen LogP contribution in [0, 0.1) is 0 Å². The van der Waals surface area contributed by atoms with Crippen LogP contribution in [-0.2, 0) is 0 Å². The Morgan fingerprint density at radius 3 is 3.00 bits per heavy atom. The fourth-order valence-corrected chi connectivity index (χ4v) is 0.996. The van der Waals surface area contributed by atoms with Gasteiger partial charge in [0, 0.05) is 12.2 Å². The number of nitrogens with one attached hydrogen (secondary N) is 2. The average Bonchev–Trinajstić information content (AvgIpc) is 2.52. The number of carbonyl (C=O) groups is 1. The lowest BCUT2D eigenvalue weighted by Crippen LogP contribution is -2.16. The van der Waals surface area contributed by atoms with Crippen LogP contribution in [0.25, 0.3) is 0 Å². The van der Waals surface area contributed by atoms with Crippen LogP contribution in [0.5, 0.6) is 0 Å². The van der Waals surface area contributed by atoms with E-state index in [0.29, 0.717) is 17.9 Å². The maximum Gasteiger partial charge on any atom is 0.166 e. The molecule has 0 saturated heterocycles. The first-order chi connectivity index (χ1) is 5.77. The second kappa shape index (κ2) is 4.04. The third kappa shape index (κ3) is 1.93. The lowest BCUT2D eigenvalue weighted by Gasteiger charge is -2.06. The van der Waals surface area contributed by atoms with Crippen molar-refractivity contribution in [2.45, 2.75) is 6.10 Å². The van der Waals surface area contributed by atoms with Gasteiger partial charge in [0.25, 0.3) is 0 Å². The van der Waals surface area contributed by atoms with Crippen molar-refractivity contribution in [2.24, 2.45) is 0 Å². The molecule has 1 aromatic heterocycles. The molecule has 12 heavy (non-hydrogen) atoms. The van der Waals surface area contributed by atoms with Gasteiger partial charge in [-0.1, -0.05) is 0 Å². The second-order valence-electron chi connectivity index (χ2n) is 2.56. The number of carbonyl (C=O) groups excluding carboxylic acids is 1. The van der Waals surface area contributed by atoms with E-state index in [1.165, 1.54) is 0 Å². The fourth-order valence-electron chi connectivity index (χ4n) is 0.996. The van der Waals surface area contributed by atoms with Gasteiger partial charge in [0.2, 0.25) is 0 Å². The minimum absolute atomic E-state index is 0.471. The van der Waals surface area contributed by atoms with E-state index in [-0.39, 0.29) is 0 Å². The Balaban J connectivity index is 2.67. The molecule has 1 aromatic rings. The zero-order valence-corrected chi connectivity index (χ0v) is 6.87. The molecular weight excluding hydrogens is 156 g/mol. The van der Waals surface area contributed by atoms with E-state index < -0.39 is 6.10 Å².